The fourth-order valence-electron chi connectivity index (χ4n) is 2.09. The summed E-state index contributed by atoms with van der Waals surface area (Å²) in [6.07, 6.45) is 1.59. The van der Waals surface area contributed by atoms with Crippen LogP contribution in [0.1, 0.15) is 10.4 Å². The summed E-state index contributed by atoms with van der Waals surface area (Å²) in [7, 11) is 1.58. The van der Waals surface area contributed by atoms with Crippen molar-refractivity contribution >= 4 is 33.2 Å². The van der Waals surface area contributed by atoms with E-state index in [0.717, 1.165) is 0 Å². The molecule has 0 saturated heterocycles. The summed E-state index contributed by atoms with van der Waals surface area (Å²) < 4.78 is 20.1. The van der Waals surface area contributed by atoms with Gasteiger partial charge in [-0.3, -0.25) is 13.7 Å². The first-order chi connectivity index (χ1) is 10.1. The lowest BCUT2D eigenvalue weighted by molar-refractivity contribution is 0.0899. The molecule has 21 heavy (non-hydrogen) atoms. The third kappa shape index (κ3) is 2.42. The average molecular weight is 349 g/mol. The summed E-state index contributed by atoms with van der Waals surface area (Å²) >= 11 is 3.12. The van der Waals surface area contributed by atoms with Gasteiger partial charge in [0.25, 0.3) is 5.91 Å². The Labute approximate surface area is 128 Å². The fraction of sp³-hybridized carbons (Fsp3) is 0.0667. The Morgan fingerprint density at radius 3 is 2.67 bits per heavy atom. The smallest absolute Gasteiger partial charge is 0.269 e. The number of carbonyl (C=O) groups is 1. The van der Waals surface area contributed by atoms with Gasteiger partial charge in [-0.2, -0.15) is 0 Å². The van der Waals surface area contributed by atoms with Crippen molar-refractivity contribution in [2.24, 2.45) is 0 Å². The van der Waals surface area contributed by atoms with E-state index in [4.69, 9.17) is 4.42 Å². The van der Waals surface area contributed by atoms with Gasteiger partial charge in [-0.05, 0) is 36.4 Å². The summed E-state index contributed by atoms with van der Waals surface area (Å²) in [5, 5.41) is 0. The van der Waals surface area contributed by atoms with Gasteiger partial charge < -0.3 is 4.42 Å². The molecule has 0 atom stereocenters. The molecule has 0 aliphatic rings. The number of nitrogens with zero attached hydrogens (tertiary/aromatic N) is 2. The molecular formula is C15H10BrFN2O2. The highest BCUT2D eigenvalue weighted by molar-refractivity contribution is 9.07. The number of aromatic nitrogens is 1. The third-order valence-electron chi connectivity index (χ3n) is 3.05. The van der Waals surface area contributed by atoms with E-state index in [1.54, 1.807) is 37.5 Å². The van der Waals surface area contributed by atoms with Gasteiger partial charge in [-0.15, -0.1) is 0 Å². The van der Waals surface area contributed by atoms with Crippen molar-refractivity contribution in [2.45, 2.75) is 0 Å². The summed E-state index contributed by atoms with van der Waals surface area (Å²) in [5.41, 5.74) is 1.95. The second-order valence-corrected chi connectivity index (χ2v) is 5.51. The van der Waals surface area contributed by atoms with Gasteiger partial charge in [0.15, 0.2) is 5.58 Å². The highest BCUT2D eigenvalue weighted by Crippen LogP contribution is 2.33. The van der Waals surface area contributed by atoms with Crippen molar-refractivity contribution in [3.63, 3.8) is 0 Å². The van der Waals surface area contributed by atoms with Gasteiger partial charge >= 0.3 is 0 Å². The lowest BCUT2D eigenvalue weighted by Gasteiger charge is -2.07. The molecule has 0 fully saturated rings. The Bertz CT molecular complexity index is 812. The molecule has 0 aliphatic carbocycles. The zero-order valence-corrected chi connectivity index (χ0v) is 12.6. The number of amides is 1. The van der Waals surface area contributed by atoms with E-state index in [1.807, 2.05) is 0 Å². The highest BCUT2D eigenvalue weighted by Gasteiger charge is 2.24. The first-order valence-electron chi connectivity index (χ1n) is 6.15. The van der Waals surface area contributed by atoms with Crippen LogP contribution in [-0.4, -0.2) is 21.9 Å². The summed E-state index contributed by atoms with van der Waals surface area (Å²) in [6.45, 7) is 0. The molecule has 0 radical (unpaired) electrons. The van der Waals surface area contributed by atoms with Crippen LogP contribution in [0.3, 0.4) is 0 Å². The van der Waals surface area contributed by atoms with Gasteiger partial charge in [-0.25, -0.2) is 4.39 Å². The maximum atomic E-state index is 13.1. The molecule has 0 N–H and O–H groups in total. The van der Waals surface area contributed by atoms with Crippen LogP contribution in [0.25, 0.3) is 22.4 Å². The van der Waals surface area contributed by atoms with Crippen LogP contribution in [-0.2, 0) is 0 Å². The maximum Gasteiger partial charge on any atom is 0.269 e. The number of pyridine rings is 1. The topological polar surface area (TPSA) is 46.3 Å². The summed E-state index contributed by atoms with van der Waals surface area (Å²) in [4.78, 5) is 16.6. The second kappa shape index (κ2) is 5.29. The molecule has 1 amide bonds. The van der Waals surface area contributed by atoms with E-state index in [1.165, 1.54) is 16.1 Å². The third-order valence-corrected chi connectivity index (χ3v) is 3.37. The first kappa shape index (κ1) is 13.8. The monoisotopic (exact) mass is 348 g/mol. The van der Waals surface area contributed by atoms with Gasteiger partial charge in [0.1, 0.15) is 22.7 Å². The van der Waals surface area contributed by atoms with Crippen LogP contribution >= 0.6 is 16.1 Å². The van der Waals surface area contributed by atoms with Gasteiger partial charge in [0.05, 0.1) is 16.1 Å². The molecule has 3 aromatic rings. The summed E-state index contributed by atoms with van der Waals surface area (Å²) in [5.74, 6) is -0.259. The molecule has 0 saturated carbocycles. The standard InChI is InChI=1S/C15H10BrFN2O2/c1-19(16)15(20)12-13-11(3-2-8-18-13)21-14(12)9-4-6-10(17)7-5-9/h2-8H,1H3. The molecule has 2 aromatic heterocycles. The molecule has 3 rings (SSSR count). The first-order valence-corrected chi connectivity index (χ1v) is 6.86. The Morgan fingerprint density at radius 2 is 2.00 bits per heavy atom. The van der Waals surface area contributed by atoms with Gasteiger partial charge in [0, 0.05) is 18.8 Å². The molecule has 0 spiro atoms. The molecule has 6 heteroatoms. The van der Waals surface area contributed by atoms with Crippen molar-refractivity contribution in [1.82, 2.24) is 8.91 Å². The van der Waals surface area contributed by atoms with E-state index >= 15 is 0 Å². The Morgan fingerprint density at radius 1 is 1.29 bits per heavy atom. The quantitative estimate of drug-likeness (QED) is 0.657. The van der Waals surface area contributed by atoms with E-state index in [0.29, 0.717) is 28.0 Å². The van der Waals surface area contributed by atoms with Crippen LogP contribution in [0, 0.1) is 5.82 Å². The number of rotatable bonds is 2. The van der Waals surface area contributed by atoms with Crippen molar-refractivity contribution in [3.8, 4) is 11.3 Å². The molecule has 0 unspecified atom stereocenters. The van der Waals surface area contributed by atoms with Crippen LogP contribution in [0.2, 0.25) is 0 Å². The van der Waals surface area contributed by atoms with Crippen LogP contribution in [0.5, 0.6) is 0 Å². The van der Waals surface area contributed by atoms with Crippen molar-refractivity contribution < 1.29 is 13.6 Å². The van der Waals surface area contributed by atoms with Gasteiger partial charge in [-0.1, -0.05) is 0 Å². The molecular weight excluding hydrogens is 339 g/mol. The molecule has 2 heterocycles. The molecule has 0 aliphatic heterocycles. The van der Waals surface area contributed by atoms with Crippen molar-refractivity contribution in [2.75, 3.05) is 7.05 Å². The number of benzene rings is 1. The molecule has 106 valence electrons. The lowest BCUT2D eigenvalue weighted by Crippen LogP contribution is -2.16. The molecule has 1 aromatic carbocycles. The zero-order valence-electron chi connectivity index (χ0n) is 11.0. The Kier molecular flexibility index (Phi) is 3.47. The average Bonchev–Trinajstić information content (AvgIpc) is 2.86. The molecule has 4 nitrogen and oxygen atoms in total. The van der Waals surface area contributed by atoms with Gasteiger partial charge in [0.2, 0.25) is 0 Å². The predicted octanol–water partition coefficient (Wildman–Crippen LogP) is 4.02. The van der Waals surface area contributed by atoms with Crippen molar-refractivity contribution in [1.29, 1.82) is 0 Å². The largest absolute Gasteiger partial charge is 0.454 e. The minimum atomic E-state index is -0.349. The zero-order chi connectivity index (χ0) is 15.0. The normalized spacial score (nSPS) is 10.8. The van der Waals surface area contributed by atoms with Crippen LogP contribution in [0.4, 0.5) is 4.39 Å². The number of fused-ring (bicyclic) bond motifs is 1. The minimum absolute atomic E-state index is 0.285. The number of hydrogen-bond donors (Lipinski definition) is 0. The predicted molar refractivity (Wildman–Crippen MR) is 80.4 cm³/mol. The minimum Gasteiger partial charge on any atom is -0.454 e. The number of carbonyl (C=O) groups excluding carboxylic acids is 1. The molecule has 0 bridgehead atoms. The second-order valence-electron chi connectivity index (χ2n) is 4.45. The number of furan rings is 1. The van der Waals surface area contributed by atoms with E-state index in [-0.39, 0.29) is 11.7 Å². The lowest BCUT2D eigenvalue weighted by atomic mass is 10.1. The Balaban J connectivity index is 2.28. The fourth-order valence-corrected chi connectivity index (χ4v) is 2.26. The SMILES string of the molecule is CN(Br)C(=O)c1c(-c2ccc(F)cc2)oc2cccnc12. The number of hydrogen-bond acceptors (Lipinski definition) is 3. The number of halogens is 2. The van der Waals surface area contributed by atoms with E-state index in [9.17, 15) is 9.18 Å². The highest BCUT2D eigenvalue weighted by atomic mass is 79.9. The van der Waals surface area contributed by atoms with E-state index < -0.39 is 0 Å². The Hall–Kier alpha value is -2.21. The van der Waals surface area contributed by atoms with Crippen LogP contribution < -0.4 is 0 Å². The maximum absolute atomic E-state index is 13.1. The van der Waals surface area contributed by atoms with Crippen molar-refractivity contribution in [3.05, 3.63) is 54.0 Å². The van der Waals surface area contributed by atoms with E-state index in [2.05, 4.69) is 21.1 Å². The van der Waals surface area contributed by atoms with Crippen LogP contribution in [0.15, 0.2) is 47.0 Å². The summed E-state index contributed by atoms with van der Waals surface area (Å²) in [6, 6.07) is 9.24.